The Morgan fingerprint density at radius 1 is 0.321 bits per heavy atom. The molecule has 0 N–H and O–H groups in total. The van der Waals surface area contributed by atoms with Crippen molar-refractivity contribution in [3.63, 3.8) is 0 Å². The lowest BCUT2D eigenvalue weighted by atomic mass is 10.0. The average Bonchev–Trinajstić information content (AvgIpc) is 3.14. The predicted molar refractivity (Wildman–Crippen MR) is 238 cm³/mol. The zero-order valence-corrected chi connectivity index (χ0v) is 34.4. The lowest BCUT2D eigenvalue weighted by Crippen LogP contribution is -2.20. The first-order valence-corrected chi connectivity index (χ1v) is 19.6. The summed E-state index contributed by atoms with van der Waals surface area (Å²) in [7, 11) is 0. The molecule has 8 rings (SSSR count). The topological polar surface area (TPSA) is 19.0 Å². The molecule has 0 aromatic heterocycles. The number of hydrogen-bond donors (Lipinski definition) is 0. The molecule has 56 heavy (non-hydrogen) atoms. The Morgan fingerprint density at radius 3 is 0.964 bits per heavy atom. The van der Waals surface area contributed by atoms with Gasteiger partial charge in [-0.05, 0) is 164 Å². The van der Waals surface area contributed by atoms with Gasteiger partial charge in [-0.25, -0.2) is 0 Å². The standard InChI is InChI=1S/C52H51N3O/c1-32-11-18-44(37(6)25-32)53(45-19-12-33(2)26-38(45)7)42-16-23-51-49(30-42)55(48-22-15-36(5)29-41(48)10)50-31-43(17-24-52(50)56-51)54(46-20-13-34(3)27-39(46)8)47-21-14-35(4)28-40(47)9/h11-31H,1-10H3. The van der Waals surface area contributed by atoms with Crippen LogP contribution in [0.15, 0.2) is 127 Å². The van der Waals surface area contributed by atoms with Crippen LogP contribution in [0.1, 0.15) is 55.6 Å². The summed E-state index contributed by atoms with van der Waals surface area (Å²) in [5.74, 6) is 1.63. The van der Waals surface area contributed by atoms with E-state index in [4.69, 9.17) is 4.74 Å². The zero-order chi connectivity index (χ0) is 39.4. The molecular weight excluding hydrogens is 683 g/mol. The minimum absolute atomic E-state index is 0.816. The number of aryl methyl sites for hydroxylation is 10. The van der Waals surface area contributed by atoms with Crippen LogP contribution >= 0.6 is 0 Å². The summed E-state index contributed by atoms with van der Waals surface area (Å²) < 4.78 is 6.86. The Kier molecular flexibility index (Phi) is 9.46. The van der Waals surface area contributed by atoms with Gasteiger partial charge in [-0.2, -0.15) is 0 Å². The van der Waals surface area contributed by atoms with Gasteiger partial charge >= 0.3 is 0 Å². The van der Waals surface area contributed by atoms with E-state index in [9.17, 15) is 0 Å². The van der Waals surface area contributed by atoms with Gasteiger partial charge in [0.15, 0.2) is 11.5 Å². The molecule has 0 saturated carbocycles. The van der Waals surface area contributed by atoms with Crippen molar-refractivity contribution in [3.05, 3.63) is 183 Å². The maximum absolute atomic E-state index is 6.86. The monoisotopic (exact) mass is 733 g/mol. The molecule has 0 bridgehead atoms. The van der Waals surface area contributed by atoms with Crippen molar-refractivity contribution in [2.75, 3.05) is 14.7 Å². The van der Waals surface area contributed by atoms with E-state index in [0.717, 1.165) is 62.7 Å². The van der Waals surface area contributed by atoms with E-state index in [2.05, 4.69) is 211 Å². The van der Waals surface area contributed by atoms with Crippen molar-refractivity contribution < 1.29 is 4.74 Å². The Hall–Kier alpha value is -6.26. The second-order valence-electron chi connectivity index (χ2n) is 15.9. The summed E-state index contributed by atoms with van der Waals surface area (Å²) in [5.41, 5.74) is 22.1. The molecule has 0 saturated heterocycles. The molecule has 280 valence electrons. The fourth-order valence-electron chi connectivity index (χ4n) is 8.42. The lowest BCUT2D eigenvalue weighted by Gasteiger charge is -2.37. The number of benzene rings is 7. The molecule has 7 aromatic carbocycles. The molecule has 1 heterocycles. The highest BCUT2D eigenvalue weighted by Crippen LogP contribution is 2.55. The Balaban J connectivity index is 1.36. The Bertz CT molecular complexity index is 2390. The van der Waals surface area contributed by atoms with Crippen LogP contribution in [-0.4, -0.2) is 0 Å². The summed E-state index contributed by atoms with van der Waals surface area (Å²) in [5, 5.41) is 0. The number of hydrogen-bond acceptors (Lipinski definition) is 4. The van der Waals surface area contributed by atoms with Crippen LogP contribution in [0.25, 0.3) is 0 Å². The van der Waals surface area contributed by atoms with Crippen molar-refractivity contribution in [2.45, 2.75) is 69.2 Å². The van der Waals surface area contributed by atoms with Gasteiger partial charge in [0.25, 0.3) is 0 Å². The summed E-state index contributed by atoms with van der Waals surface area (Å²) in [6.07, 6.45) is 0. The molecule has 0 atom stereocenters. The molecule has 7 aromatic rings. The summed E-state index contributed by atoms with van der Waals surface area (Å²) >= 11 is 0. The number of ether oxygens (including phenoxy) is 1. The normalized spacial score (nSPS) is 11.9. The third-order valence-electron chi connectivity index (χ3n) is 11.1. The highest BCUT2D eigenvalue weighted by Gasteiger charge is 2.30. The quantitative estimate of drug-likeness (QED) is 0.162. The lowest BCUT2D eigenvalue weighted by molar-refractivity contribution is 0.477. The maximum Gasteiger partial charge on any atom is 0.151 e. The molecule has 0 amide bonds. The van der Waals surface area contributed by atoms with Gasteiger partial charge in [0.1, 0.15) is 0 Å². The summed E-state index contributed by atoms with van der Waals surface area (Å²) in [6, 6.07) is 46.9. The van der Waals surface area contributed by atoms with Crippen molar-refractivity contribution >= 4 is 51.2 Å². The van der Waals surface area contributed by atoms with E-state index in [1.807, 2.05) is 0 Å². The van der Waals surface area contributed by atoms with Crippen molar-refractivity contribution in [1.82, 2.24) is 0 Å². The number of fused-ring (bicyclic) bond motifs is 2. The fraction of sp³-hybridized carbons (Fsp3) is 0.192. The van der Waals surface area contributed by atoms with Gasteiger partial charge in [-0.1, -0.05) is 88.5 Å². The molecule has 0 unspecified atom stereocenters. The van der Waals surface area contributed by atoms with Crippen LogP contribution in [0.2, 0.25) is 0 Å². The van der Waals surface area contributed by atoms with Gasteiger partial charge in [-0.15, -0.1) is 0 Å². The maximum atomic E-state index is 6.86. The second-order valence-corrected chi connectivity index (χ2v) is 15.9. The van der Waals surface area contributed by atoms with Crippen LogP contribution < -0.4 is 19.4 Å². The molecule has 4 nitrogen and oxygen atoms in total. The van der Waals surface area contributed by atoms with E-state index in [1.165, 1.54) is 55.6 Å². The molecule has 1 aliphatic heterocycles. The van der Waals surface area contributed by atoms with Gasteiger partial charge in [-0.3, -0.25) is 0 Å². The molecule has 4 heteroatoms. The van der Waals surface area contributed by atoms with Crippen LogP contribution in [0.5, 0.6) is 11.5 Å². The third kappa shape index (κ3) is 6.70. The molecule has 0 aliphatic carbocycles. The average molecular weight is 734 g/mol. The van der Waals surface area contributed by atoms with Crippen LogP contribution in [0.4, 0.5) is 51.2 Å². The first-order chi connectivity index (χ1) is 26.9. The third-order valence-corrected chi connectivity index (χ3v) is 11.1. The van der Waals surface area contributed by atoms with Crippen LogP contribution in [0, 0.1) is 69.2 Å². The second kappa shape index (κ2) is 14.4. The molecule has 0 radical (unpaired) electrons. The van der Waals surface area contributed by atoms with E-state index >= 15 is 0 Å². The first kappa shape index (κ1) is 36.7. The molecular formula is C52H51N3O. The van der Waals surface area contributed by atoms with E-state index < -0.39 is 0 Å². The van der Waals surface area contributed by atoms with Crippen LogP contribution in [-0.2, 0) is 0 Å². The number of anilines is 9. The SMILES string of the molecule is Cc1ccc(N(c2ccc3c(c2)N(c2ccc(C)cc2C)c2cc(N(c4ccc(C)cc4C)c4ccc(C)cc4C)ccc2O3)c2ccc(C)cc2C)c(C)c1. The Morgan fingerprint density at radius 2 is 0.643 bits per heavy atom. The number of nitrogens with zero attached hydrogens (tertiary/aromatic N) is 3. The van der Waals surface area contributed by atoms with Crippen molar-refractivity contribution in [2.24, 2.45) is 0 Å². The van der Waals surface area contributed by atoms with Crippen molar-refractivity contribution in [1.29, 1.82) is 0 Å². The van der Waals surface area contributed by atoms with E-state index in [-0.39, 0.29) is 0 Å². The minimum atomic E-state index is 0.816. The molecule has 0 spiro atoms. The van der Waals surface area contributed by atoms with E-state index in [1.54, 1.807) is 0 Å². The Labute approximate surface area is 333 Å². The largest absolute Gasteiger partial charge is 0.453 e. The molecule has 1 aliphatic rings. The zero-order valence-electron chi connectivity index (χ0n) is 34.4. The van der Waals surface area contributed by atoms with Gasteiger partial charge in [0, 0.05) is 39.8 Å². The van der Waals surface area contributed by atoms with E-state index in [0.29, 0.717) is 0 Å². The first-order valence-electron chi connectivity index (χ1n) is 19.6. The van der Waals surface area contributed by atoms with Gasteiger partial charge in [0.2, 0.25) is 0 Å². The minimum Gasteiger partial charge on any atom is -0.453 e. The van der Waals surface area contributed by atoms with Crippen molar-refractivity contribution in [3.8, 4) is 11.5 Å². The smallest absolute Gasteiger partial charge is 0.151 e. The van der Waals surface area contributed by atoms with Gasteiger partial charge < -0.3 is 19.4 Å². The van der Waals surface area contributed by atoms with Crippen LogP contribution in [0.3, 0.4) is 0 Å². The number of rotatable bonds is 7. The fourth-order valence-corrected chi connectivity index (χ4v) is 8.42. The molecule has 0 fully saturated rings. The van der Waals surface area contributed by atoms with Gasteiger partial charge in [0.05, 0.1) is 11.4 Å². The summed E-state index contributed by atoms with van der Waals surface area (Å²) in [4.78, 5) is 7.20. The predicted octanol–water partition coefficient (Wildman–Crippen LogP) is 15.3. The highest BCUT2D eigenvalue weighted by atomic mass is 16.5. The highest BCUT2D eigenvalue weighted by molar-refractivity contribution is 5.93. The summed E-state index contributed by atoms with van der Waals surface area (Å²) in [6.45, 7) is 21.8.